The van der Waals surface area contributed by atoms with Crippen molar-refractivity contribution < 1.29 is 38.2 Å². The van der Waals surface area contributed by atoms with Crippen LogP contribution in [0.3, 0.4) is 0 Å². The van der Waals surface area contributed by atoms with E-state index < -0.39 is 48.0 Å². The Morgan fingerprint density at radius 3 is 2.47 bits per heavy atom. The van der Waals surface area contributed by atoms with Gasteiger partial charge in [0.15, 0.2) is 0 Å². The Labute approximate surface area is 195 Å². The number of alkyl carbamates (subject to hydrolysis) is 1. The van der Waals surface area contributed by atoms with E-state index >= 15 is 0 Å². The number of halogens is 1. The second-order valence-corrected chi connectivity index (χ2v) is 8.94. The van der Waals surface area contributed by atoms with Crippen LogP contribution in [-0.4, -0.2) is 69.7 Å². The minimum atomic E-state index is -2.70. The standard InChI is InChI=1S/C22H27FN4O7/c1-12-9-15-11-26(21(32)27(15)34-17(23)19(29)30)16(12)18(28)25-14-7-5-13(6-8-14)10-24-20(31)33-22(2,3)4/h5-9,15-17H,10-11H2,1-4H3,(H,24,31)(H,25,28)(H,29,30)/t15-,16-,17-/m0/s1. The van der Waals surface area contributed by atoms with Crippen molar-refractivity contribution in [3.05, 3.63) is 41.5 Å². The van der Waals surface area contributed by atoms with Gasteiger partial charge in [0, 0.05) is 12.2 Å². The molecule has 0 aromatic heterocycles. The van der Waals surface area contributed by atoms with Crippen molar-refractivity contribution in [2.75, 3.05) is 11.9 Å². The lowest BCUT2D eigenvalue weighted by atomic mass is 10.00. The highest BCUT2D eigenvalue weighted by Crippen LogP contribution is 2.30. The van der Waals surface area contributed by atoms with Crippen molar-refractivity contribution in [3.63, 3.8) is 0 Å². The summed E-state index contributed by atoms with van der Waals surface area (Å²) in [6, 6.07) is 4.27. The molecule has 1 aromatic rings. The first-order valence-electron chi connectivity index (χ1n) is 10.5. The average Bonchev–Trinajstić information content (AvgIpc) is 2.97. The number of carboxylic acid groups (broad SMARTS) is 1. The number of amides is 4. The Morgan fingerprint density at radius 1 is 1.24 bits per heavy atom. The van der Waals surface area contributed by atoms with E-state index in [1.807, 2.05) is 0 Å². The molecule has 1 saturated heterocycles. The highest BCUT2D eigenvalue weighted by Gasteiger charge is 2.48. The van der Waals surface area contributed by atoms with Gasteiger partial charge in [-0.15, -0.1) is 0 Å². The fourth-order valence-electron chi connectivity index (χ4n) is 3.62. The first-order valence-corrected chi connectivity index (χ1v) is 10.5. The van der Waals surface area contributed by atoms with Crippen LogP contribution < -0.4 is 10.6 Å². The van der Waals surface area contributed by atoms with Crippen molar-refractivity contribution in [1.82, 2.24) is 15.3 Å². The van der Waals surface area contributed by atoms with Gasteiger partial charge in [0.1, 0.15) is 11.6 Å². The number of urea groups is 1. The summed E-state index contributed by atoms with van der Waals surface area (Å²) in [4.78, 5) is 53.9. The number of hydrogen-bond donors (Lipinski definition) is 3. The Kier molecular flexibility index (Phi) is 7.10. The number of carboxylic acids is 1. The third-order valence-electron chi connectivity index (χ3n) is 5.02. The van der Waals surface area contributed by atoms with Crippen molar-refractivity contribution in [1.29, 1.82) is 0 Å². The molecule has 12 heteroatoms. The number of nitrogens with zero attached hydrogens (tertiary/aromatic N) is 2. The molecule has 1 fully saturated rings. The summed E-state index contributed by atoms with van der Waals surface area (Å²) in [5.74, 6) is -2.35. The van der Waals surface area contributed by atoms with Gasteiger partial charge in [-0.1, -0.05) is 18.2 Å². The lowest BCUT2D eigenvalue weighted by molar-refractivity contribution is -0.219. The number of nitrogens with one attached hydrogen (secondary N) is 2. The normalized spacial score (nSPS) is 20.5. The maximum Gasteiger partial charge on any atom is 0.407 e. The van der Waals surface area contributed by atoms with E-state index in [-0.39, 0.29) is 13.1 Å². The fourth-order valence-corrected chi connectivity index (χ4v) is 3.62. The Bertz CT molecular complexity index is 1010. The molecular weight excluding hydrogens is 451 g/mol. The van der Waals surface area contributed by atoms with E-state index in [9.17, 15) is 23.6 Å². The van der Waals surface area contributed by atoms with Gasteiger partial charge >= 0.3 is 24.5 Å². The van der Waals surface area contributed by atoms with E-state index in [1.54, 1.807) is 58.0 Å². The first kappa shape index (κ1) is 25.0. The maximum atomic E-state index is 13.5. The van der Waals surface area contributed by atoms with Crippen LogP contribution in [-0.2, 0) is 25.7 Å². The average molecular weight is 478 g/mol. The summed E-state index contributed by atoms with van der Waals surface area (Å²) >= 11 is 0. The van der Waals surface area contributed by atoms with Crippen LogP contribution in [0.1, 0.15) is 33.3 Å². The molecule has 0 spiro atoms. The second kappa shape index (κ2) is 9.67. The number of hydrogen-bond acceptors (Lipinski definition) is 6. The van der Waals surface area contributed by atoms with Crippen molar-refractivity contribution in [2.24, 2.45) is 0 Å². The largest absolute Gasteiger partial charge is 0.477 e. The van der Waals surface area contributed by atoms with Gasteiger partial charge in [0.25, 0.3) is 5.91 Å². The molecule has 0 aliphatic carbocycles. The Balaban J connectivity index is 1.60. The number of hydroxylamine groups is 2. The molecule has 2 aliphatic rings. The molecule has 0 saturated carbocycles. The summed E-state index contributed by atoms with van der Waals surface area (Å²) in [6.45, 7) is 7.23. The summed E-state index contributed by atoms with van der Waals surface area (Å²) in [5, 5.41) is 14.7. The number of carbonyl (C=O) groups is 4. The molecule has 1 aromatic carbocycles. The van der Waals surface area contributed by atoms with Gasteiger partial charge in [0.2, 0.25) is 0 Å². The van der Waals surface area contributed by atoms with Crippen LogP contribution in [0.15, 0.2) is 35.9 Å². The third kappa shape index (κ3) is 5.81. The molecular formula is C22H27FN4O7. The Morgan fingerprint density at radius 2 is 1.88 bits per heavy atom. The third-order valence-corrected chi connectivity index (χ3v) is 5.02. The predicted octanol–water partition coefficient (Wildman–Crippen LogP) is 2.40. The van der Waals surface area contributed by atoms with E-state index in [1.165, 1.54) is 4.90 Å². The van der Waals surface area contributed by atoms with Gasteiger partial charge in [-0.25, -0.2) is 23.6 Å². The number of benzene rings is 1. The summed E-state index contributed by atoms with van der Waals surface area (Å²) in [7, 11) is 0. The van der Waals surface area contributed by atoms with Gasteiger partial charge in [-0.05, 0) is 51.0 Å². The zero-order chi connectivity index (χ0) is 25.2. The number of ether oxygens (including phenoxy) is 1. The van der Waals surface area contributed by atoms with E-state index in [2.05, 4.69) is 15.5 Å². The van der Waals surface area contributed by atoms with Crippen LogP contribution in [0.4, 0.5) is 19.7 Å². The minimum absolute atomic E-state index is 0.0515. The molecule has 11 nitrogen and oxygen atoms in total. The van der Waals surface area contributed by atoms with Gasteiger partial charge in [0.05, 0.1) is 12.6 Å². The summed E-state index contributed by atoms with van der Waals surface area (Å²) in [6.07, 6.45) is -1.67. The van der Waals surface area contributed by atoms with Crippen LogP contribution in [0.5, 0.6) is 0 Å². The lowest BCUT2D eigenvalue weighted by Gasteiger charge is -2.29. The molecule has 2 bridgehead atoms. The Hall–Kier alpha value is -3.67. The number of fused-ring (bicyclic) bond motifs is 2. The molecule has 2 heterocycles. The second-order valence-electron chi connectivity index (χ2n) is 8.94. The molecule has 184 valence electrons. The smallest absolute Gasteiger partial charge is 0.407 e. The minimum Gasteiger partial charge on any atom is -0.477 e. The highest BCUT2D eigenvalue weighted by atomic mass is 19.1. The highest BCUT2D eigenvalue weighted by molar-refractivity contribution is 6.00. The predicted molar refractivity (Wildman–Crippen MR) is 117 cm³/mol. The van der Waals surface area contributed by atoms with Crippen LogP contribution in [0.2, 0.25) is 0 Å². The van der Waals surface area contributed by atoms with E-state index in [0.717, 1.165) is 5.56 Å². The SMILES string of the molecule is CC1=C[C@H]2CN(C(=O)N2O[C@H](F)C(=O)O)[C@@H]1C(=O)Nc1ccc(CNC(=O)OC(C)(C)C)cc1. The monoisotopic (exact) mass is 478 g/mol. The molecule has 34 heavy (non-hydrogen) atoms. The van der Waals surface area contributed by atoms with Gasteiger partial charge in [-0.2, -0.15) is 5.06 Å². The van der Waals surface area contributed by atoms with Gasteiger partial charge in [-0.3, -0.25) is 4.79 Å². The van der Waals surface area contributed by atoms with Gasteiger partial charge < -0.3 is 25.4 Å². The first-order chi connectivity index (χ1) is 15.9. The maximum absolute atomic E-state index is 13.5. The topological polar surface area (TPSA) is 138 Å². The number of carbonyl (C=O) groups excluding carboxylic acids is 3. The van der Waals surface area contributed by atoms with Crippen LogP contribution in [0.25, 0.3) is 0 Å². The van der Waals surface area contributed by atoms with Crippen molar-refractivity contribution >= 4 is 29.7 Å². The van der Waals surface area contributed by atoms with E-state index in [4.69, 9.17) is 9.84 Å². The summed E-state index contributed by atoms with van der Waals surface area (Å²) < 4.78 is 18.7. The lowest BCUT2D eigenvalue weighted by Crippen LogP contribution is -2.47. The van der Waals surface area contributed by atoms with E-state index in [0.29, 0.717) is 16.3 Å². The zero-order valence-corrected chi connectivity index (χ0v) is 19.2. The quantitative estimate of drug-likeness (QED) is 0.512. The number of aliphatic carboxylic acids is 1. The fraction of sp³-hybridized carbons (Fsp3) is 0.455. The van der Waals surface area contributed by atoms with Crippen molar-refractivity contribution in [3.8, 4) is 0 Å². The van der Waals surface area contributed by atoms with Crippen molar-refractivity contribution in [2.45, 2.75) is 58.3 Å². The summed E-state index contributed by atoms with van der Waals surface area (Å²) in [5.41, 5.74) is 1.18. The molecule has 3 rings (SSSR count). The number of anilines is 1. The number of alkyl halides is 1. The molecule has 2 aliphatic heterocycles. The molecule has 0 unspecified atom stereocenters. The molecule has 0 radical (unpaired) electrons. The van der Waals surface area contributed by atoms with Crippen LogP contribution >= 0.6 is 0 Å². The zero-order valence-electron chi connectivity index (χ0n) is 19.2. The number of rotatable bonds is 7. The molecule has 4 amide bonds. The van der Waals surface area contributed by atoms with Crippen LogP contribution in [0, 0.1) is 0 Å². The molecule has 3 N–H and O–H groups in total. The molecule has 3 atom stereocenters.